The zero-order chi connectivity index (χ0) is 10.6. The van der Waals surface area contributed by atoms with Gasteiger partial charge in [-0.3, -0.25) is 0 Å². The molecule has 0 radical (unpaired) electrons. The molecular weight excluding hydrogens is 174 g/mol. The van der Waals surface area contributed by atoms with Crippen LogP contribution in [0, 0.1) is 11.3 Å². The van der Waals surface area contributed by atoms with Gasteiger partial charge in [0.05, 0.1) is 0 Å². The minimum Gasteiger partial charge on any atom is -0.396 e. The summed E-state index contributed by atoms with van der Waals surface area (Å²) in [5.74, 6) is 0.417. The number of hydrogen-bond acceptors (Lipinski definition) is 2. The normalized spacial score (nSPS) is 22.3. The highest BCUT2D eigenvalue weighted by atomic mass is 16.3. The van der Waals surface area contributed by atoms with E-state index in [1.807, 2.05) is 0 Å². The van der Waals surface area contributed by atoms with E-state index in [1.54, 1.807) is 0 Å². The van der Waals surface area contributed by atoms with Crippen molar-refractivity contribution in [2.45, 2.75) is 40.0 Å². The number of aliphatic hydroxyl groups is 1. The van der Waals surface area contributed by atoms with Crippen LogP contribution in [0.2, 0.25) is 0 Å². The molecule has 2 heteroatoms. The standard InChI is InChI=1S/C12H25NO/c1-12(2,3)11(10-14)9-13-7-5-4-6-8-13/h11,14H,4-10H2,1-3H3. The van der Waals surface area contributed by atoms with Crippen LogP contribution in [0.1, 0.15) is 40.0 Å². The van der Waals surface area contributed by atoms with Gasteiger partial charge in [0, 0.05) is 13.2 Å². The fourth-order valence-electron chi connectivity index (χ4n) is 2.06. The van der Waals surface area contributed by atoms with Gasteiger partial charge in [-0.2, -0.15) is 0 Å². The van der Waals surface area contributed by atoms with Crippen molar-refractivity contribution in [1.29, 1.82) is 0 Å². The fraction of sp³-hybridized carbons (Fsp3) is 1.00. The molecule has 1 aliphatic heterocycles. The zero-order valence-electron chi connectivity index (χ0n) is 9.92. The summed E-state index contributed by atoms with van der Waals surface area (Å²) in [6, 6.07) is 0. The van der Waals surface area contributed by atoms with Gasteiger partial charge in [-0.25, -0.2) is 0 Å². The summed E-state index contributed by atoms with van der Waals surface area (Å²) in [4.78, 5) is 2.51. The number of hydrogen-bond donors (Lipinski definition) is 1. The Morgan fingerprint density at radius 1 is 1.14 bits per heavy atom. The van der Waals surface area contributed by atoms with Crippen molar-refractivity contribution in [2.75, 3.05) is 26.2 Å². The van der Waals surface area contributed by atoms with Gasteiger partial charge in [0.15, 0.2) is 0 Å². The van der Waals surface area contributed by atoms with E-state index in [4.69, 9.17) is 0 Å². The predicted octanol–water partition coefficient (Wildman–Crippen LogP) is 2.13. The Morgan fingerprint density at radius 3 is 2.14 bits per heavy atom. The summed E-state index contributed by atoms with van der Waals surface area (Å²) in [6.07, 6.45) is 4.06. The van der Waals surface area contributed by atoms with Crippen LogP contribution in [0.4, 0.5) is 0 Å². The molecule has 1 unspecified atom stereocenters. The maximum absolute atomic E-state index is 9.37. The first kappa shape index (κ1) is 12.0. The van der Waals surface area contributed by atoms with Crippen LogP contribution >= 0.6 is 0 Å². The SMILES string of the molecule is CC(C)(C)C(CO)CN1CCCCC1. The van der Waals surface area contributed by atoms with E-state index in [0.29, 0.717) is 12.5 Å². The third kappa shape index (κ3) is 3.58. The molecule has 0 aliphatic carbocycles. The van der Waals surface area contributed by atoms with Crippen molar-refractivity contribution in [2.24, 2.45) is 11.3 Å². The number of nitrogens with zero attached hydrogens (tertiary/aromatic N) is 1. The van der Waals surface area contributed by atoms with Crippen molar-refractivity contribution in [3.05, 3.63) is 0 Å². The lowest BCUT2D eigenvalue weighted by atomic mass is 9.80. The molecule has 0 aromatic heterocycles. The van der Waals surface area contributed by atoms with Gasteiger partial charge in [0.1, 0.15) is 0 Å². The van der Waals surface area contributed by atoms with E-state index in [1.165, 1.54) is 32.4 Å². The largest absolute Gasteiger partial charge is 0.396 e. The van der Waals surface area contributed by atoms with E-state index in [9.17, 15) is 5.11 Å². The van der Waals surface area contributed by atoms with Gasteiger partial charge in [-0.15, -0.1) is 0 Å². The maximum atomic E-state index is 9.37. The Kier molecular flexibility index (Phi) is 4.39. The highest BCUT2D eigenvalue weighted by Crippen LogP contribution is 2.27. The van der Waals surface area contributed by atoms with E-state index < -0.39 is 0 Å². The second kappa shape index (κ2) is 5.13. The number of aliphatic hydroxyl groups excluding tert-OH is 1. The zero-order valence-corrected chi connectivity index (χ0v) is 9.92. The van der Waals surface area contributed by atoms with E-state index in [2.05, 4.69) is 25.7 Å². The third-order valence-electron chi connectivity index (χ3n) is 3.37. The summed E-state index contributed by atoms with van der Waals surface area (Å²) in [7, 11) is 0. The van der Waals surface area contributed by atoms with Gasteiger partial charge in [-0.05, 0) is 37.3 Å². The quantitative estimate of drug-likeness (QED) is 0.752. The van der Waals surface area contributed by atoms with Crippen molar-refractivity contribution in [1.82, 2.24) is 4.90 Å². The first-order valence-electron chi connectivity index (χ1n) is 5.87. The van der Waals surface area contributed by atoms with Gasteiger partial charge in [0.25, 0.3) is 0 Å². The third-order valence-corrected chi connectivity index (χ3v) is 3.37. The number of rotatable bonds is 3. The Hall–Kier alpha value is -0.0800. The second-order valence-corrected chi connectivity index (χ2v) is 5.61. The summed E-state index contributed by atoms with van der Waals surface area (Å²) in [6.45, 7) is 10.5. The molecule has 0 amide bonds. The molecule has 1 rings (SSSR count). The van der Waals surface area contributed by atoms with Crippen LogP contribution in [-0.4, -0.2) is 36.2 Å². The lowest BCUT2D eigenvalue weighted by Gasteiger charge is -2.35. The average Bonchev–Trinajstić information content (AvgIpc) is 2.14. The van der Waals surface area contributed by atoms with Gasteiger partial charge >= 0.3 is 0 Å². The van der Waals surface area contributed by atoms with Crippen LogP contribution in [0.15, 0.2) is 0 Å². The molecule has 1 fully saturated rings. The molecule has 0 aromatic carbocycles. The summed E-state index contributed by atoms with van der Waals surface area (Å²) < 4.78 is 0. The molecule has 14 heavy (non-hydrogen) atoms. The maximum Gasteiger partial charge on any atom is 0.0476 e. The van der Waals surface area contributed by atoms with Crippen LogP contribution in [-0.2, 0) is 0 Å². The summed E-state index contributed by atoms with van der Waals surface area (Å²) in [5, 5.41) is 9.37. The van der Waals surface area contributed by atoms with Gasteiger partial charge in [-0.1, -0.05) is 27.2 Å². The monoisotopic (exact) mass is 199 g/mol. The Morgan fingerprint density at radius 2 is 1.71 bits per heavy atom. The second-order valence-electron chi connectivity index (χ2n) is 5.61. The highest BCUT2D eigenvalue weighted by molar-refractivity contribution is 4.78. The highest BCUT2D eigenvalue weighted by Gasteiger charge is 2.26. The Bertz CT molecular complexity index is 156. The van der Waals surface area contributed by atoms with Crippen LogP contribution in [0.3, 0.4) is 0 Å². The molecule has 1 atom stereocenters. The van der Waals surface area contributed by atoms with Gasteiger partial charge in [0.2, 0.25) is 0 Å². The lowest BCUT2D eigenvalue weighted by molar-refractivity contribution is 0.0789. The Balaban J connectivity index is 2.39. The average molecular weight is 199 g/mol. The van der Waals surface area contributed by atoms with Crippen molar-refractivity contribution >= 4 is 0 Å². The molecule has 1 heterocycles. The summed E-state index contributed by atoms with van der Waals surface area (Å²) >= 11 is 0. The molecule has 0 aromatic rings. The molecule has 2 nitrogen and oxygen atoms in total. The smallest absolute Gasteiger partial charge is 0.0476 e. The van der Waals surface area contributed by atoms with Crippen molar-refractivity contribution in [3.8, 4) is 0 Å². The van der Waals surface area contributed by atoms with Crippen LogP contribution in [0.25, 0.3) is 0 Å². The van der Waals surface area contributed by atoms with E-state index >= 15 is 0 Å². The van der Waals surface area contributed by atoms with Crippen LogP contribution in [0.5, 0.6) is 0 Å². The van der Waals surface area contributed by atoms with Crippen molar-refractivity contribution < 1.29 is 5.11 Å². The number of likely N-dealkylation sites (tertiary alicyclic amines) is 1. The molecule has 0 spiro atoms. The molecular formula is C12H25NO. The first-order valence-corrected chi connectivity index (χ1v) is 5.87. The fourth-order valence-corrected chi connectivity index (χ4v) is 2.06. The van der Waals surface area contributed by atoms with Crippen LogP contribution < -0.4 is 0 Å². The van der Waals surface area contributed by atoms with E-state index in [0.717, 1.165) is 6.54 Å². The molecule has 1 saturated heterocycles. The molecule has 1 aliphatic rings. The Labute approximate surface area is 88.3 Å². The summed E-state index contributed by atoms with van der Waals surface area (Å²) in [5.41, 5.74) is 0.228. The molecule has 1 N–H and O–H groups in total. The van der Waals surface area contributed by atoms with Crippen molar-refractivity contribution in [3.63, 3.8) is 0 Å². The molecule has 0 saturated carbocycles. The lowest BCUT2D eigenvalue weighted by Crippen LogP contribution is -2.39. The minimum atomic E-state index is 0.228. The minimum absolute atomic E-state index is 0.228. The van der Waals surface area contributed by atoms with E-state index in [-0.39, 0.29) is 5.41 Å². The topological polar surface area (TPSA) is 23.5 Å². The first-order chi connectivity index (χ1) is 6.54. The van der Waals surface area contributed by atoms with Gasteiger partial charge < -0.3 is 10.0 Å². The molecule has 84 valence electrons. The molecule has 0 bridgehead atoms. The number of piperidine rings is 1. The predicted molar refractivity (Wildman–Crippen MR) is 60.3 cm³/mol.